The van der Waals surface area contributed by atoms with E-state index in [0.717, 1.165) is 50.4 Å². The maximum absolute atomic E-state index is 5.84. The van der Waals surface area contributed by atoms with Crippen LogP contribution in [0.4, 0.5) is 0 Å². The summed E-state index contributed by atoms with van der Waals surface area (Å²) in [4.78, 5) is 9.53. The van der Waals surface area contributed by atoms with Crippen LogP contribution in [0.5, 0.6) is 5.75 Å². The van der Waals surface area contributed by atoms with Crippen molar-refractivity contribution < 1.29 is 4.74 Å². The fourth-order valence-corrected chi connectivity index (χ4v) is 3.80. The maximum Gasteiger partial charge on any atom is 0.130 e. The molecule has 4 rings (SSSR count). The van der Waals surface area contributed by atoms with Gasteiger partial charge in [-0.1, -0.05) is 18.2 Å². The van der Waals surface area contributed by atoms with E-state index in [1.165, 1.54) is 35.4 Å². The fourth-order valence-electron chi connectivity index (χ4n) is 3.80. The van der Waals surface area contributed by atoms with Crippen molar-refractivity contribution >= 4 is 0 Å². The summed E-state index contributed by atoms with van der Waals surface area (Å²) in [6.45, 7) is 3.77. The van der Waals surface area contributed by atoms with Crippen molar-refractivity contribution in [2.45, 2.75) is 51.5 Å². The van der Waals surface area contributed by atoms with Crippen LogP contribution in [-0.2, 0) is 25.7 Å². The summed E-state index contributed by atoms with van der Waals surface area (Å²) in [5, 5.41) is 3.61. The van der Waals surface area contributed by atoms with Crippen molar-refractivity contribution in [3.63, 3.8) is 0 Å². The maximum atomic E-state index is 5.84. The summed E-state index contributed by atoms with van der Waals surface area (Å²) in [5.41, 5.74) is 5.17. The van der Waals surface area contributed by atoms with Crippen LogP contribution in [0.2, 0.25) is 0 Å². The Kier molecular flexibility index (Phi) is 4.48. The molecule has 24 heavy (non-hydrogen) atoms. The molecule has 2 heterocycles. The molecule has 2 aromatic rings. The number of benzene rings is 1. The molecule has 2 aliphatic rings. The SMILES string of the molecule is Cc1nc(CCNC2COc3ccccc3C2)nc2c1CCCC2. The normalized spacial score (nSPS) is 19.3. The van der Waals surface area contributed by atoms with E-state index in [4.69, 9.17) is 14.7 Å². The van der Waals surface area contributed by atoms with Crippen LogP contribution in [0.25, 0.3) is 0 Å². The minimum atomic E-state index is 0.374. The van der Waals surface area contributed by atoms with Crippen molar-refractivity contribution in [3.8, 4) is 5.75 Å². The zero-order valence-corrected chi connectivity index (χ0v) is 14.3. The second-order valence-electron chi connectivity index (χ2n) is 6.88. The lowest BCUT2D eigenvalue weighted by Gasteiger charge is -2.26. The smallest absolute Gasteiger partial charge is 0.130 e. The summed E-state index contributed by atoms with van der Waals surface area (Å²) < 4.78 is 5.84. The summed E-state index contributed by atoms with van der Waals surface area (Å²) in [6.07, 6.45) is 6.72. The minimum Gasteiger partial charge on any atom is -0.492 e. The van der Waals surface area contributed by atoms with E-state index in [0.29, 0.717) is 6.04 Å². The van der Waals surface area contributed by atoms with Crippen LogP contribution >= 0.6 is 0 Å². The van der Waals surface area contributed by atoms with E-state index in [9.17, 15) is 0 Å². The Morgan fingerprint density at radius 2 is 2.04 bits per heavy atom. The van der Waals surface area contributed by atoms with Gasteiger partial charge in [0, 0.05) is 30.4 Å². The van der Waals surface area contributed by atoms with E-state index in [1.54, 1.807) is 0 Å². The zero-order chi connectivity index (χ0) is 16.4. The van der Waals surface area contributed by atoms with Crippen LogP contribution in [0.3, 0.4) is 0 Å². The zero-order valence-electron chi connectivity index (χ0n) is 14.3. The summed E-state index contributed by atoms with van der Waals surface area (Å²) in [5.74, 6) is 2.02. The molecule has 126 valence electrons. The number of aryl methyl sites for hydroxylation is 2. The minimum absolute atomic E-state index is 0.374. The highest BCUT2D eigenvalue weighted by atomic mass is 16.5. The first-order valence-electron chi connectivity index (χ1n) is 9.09. The number of para-hydroxylation sites is 1. The molecule has 1 unspecified atom stereocenters. The molecule has 0 bridgehead atoms. The Balaban J connectivity index is 1.34. The van der Waals surface area contributed by atoms with Gasteiger partial charge in [-0.3, -0.25) is 0 Å². The van der Waals surface area contributed by atoms with Gasteiger partial charge in [0.2, 0.25) is 0 Å². The van der Waals surface area contributed by atoms with E-state index >= 15 is 0 Å². The summed E-state index contributed by atoms with van der Waals surface area (Å²) >= 11 is 0. The lowest BCUT2D eigenvalue weighted by atomic mass is 9.95. The predicted molar refractivity (Wildman–Crippen MR) is 94.5 cm³/mol. The highest BCUT2D eigenvalue weighted by Crippen LogP contribution is 2.24. The Morgan fingerprint density at radius 1 is 1.17 bits per heavy atom. The quantitative estimate of drug-likeness (QED) is 0.940. The van der Waals surface area contributed by atoms with E-state index in [-0.39, 0.29) is 0 Å². The van der Waals surface area contributed by atoms with Crippen molar-refractivity contribution in [3.05, 3.63) is 52.6 Å². The van der Waals surface area contributed by atoms with Gasteiger partial charge in [-0.15, -0.1) is 0 Å². The molecule has 1 aromatic heterocycles. The molecule has 0 fully saturated rings. The topological polar surface area (TPSA) is 47.0 Å². The van der Waals surface area contributed by atoms with Gasteiger partial charge in [0.25, 0.3) is 0 Å². The van der Waals surface area contributed by atoms with Gasteiger partial charge < -0.3 is 10.1 Å². The van der Waals surface area contributed by atoms with Crippen molar-refractivity contribution in [1.29, 1.82) is 0 Å². The molecule has 0 radical (unpaired) electrons. The van der Waals surface area contributed by atoms with Gasteiger partial charge in [-0.25, -0.2) is 9.97 Å². The molecular formula is C20H25N3O. The molecule has 1 N–H and O–H groups in total. The Morgan fingerprint density at radius 3 is 3.00 bits per heavy atom. The number of fused-ring (bicyclic) bond motifs is 2. The van der Waals surface area contributed by atoms with E-state index in [2.05, 4.69) is 30.4 Å². The van der Waals surface area contributed by atoms with Gasteiger partial charge in [0.1, 0.15) is 18.2 Å². The Bertz CT molecular complexity index is 729. The standard InChI is InChI=1S/C20H25N3O/c1-14-17-7-3-4-8-18(17)23-20(22-14)10-11-21-16-12-15-6-2-5-9-19(15)24-13-16/h2,5-6,9,16,21H,3-4,7-8,10-13H2,1H3. The number of nitrogens with zero attached hydrogens (tertiary/aromatic N) is 2. The van der Waals surface area contributed by atoms with Crippen LogP contribution in [0.1, 0.15) is 41.2 Å². The molecule has 4 heteroatoms. The molecule has 0 saturated heterocycles. The molecule has 0 amide bonds. The molecule has 0 spiro atoms. The Labute approximate surface area is 143 Å². The first kappa shape index (κ1) is 15.6. The van der Waals surface area contributed by atoms with E-state index in [1.807, 2.05) is 6.07 Å². The van der Waals surface area contributed by atoms with Gasteiger partial charge in [-0.2, -0.15) is 0 Å². The number of ether oxygens (including phenoxy) is 1. The molecule has 4 nitrogen and oxygen atoms in total. The summed E-state index contributed by atoms with van der Waals surface area (Å²) in [6, 6.07) is 8.68. The lowest BCUT2D eigenvalue weighted by molar-refractivity contribution is 0.239. The monoisotopic (exact) mass is 323 g/mol. The number of hydrogen-bond acceptors (Lipinski definition) is 4. The van der Waals surface area contributed by atoms with Crippen LogP contribution < -0.4 is 10.1 Å². The average Bonchev–Trinajstić information content (AvgIpc) is 2.62. The fraction of sp³-hybridized carbons (Fsp3) is 0.500. The third kappa shape index (κ3) is 3.29. The third-order valence-electron chi connectivity index (χ3n) is 5.10. The highest BCUT2D eigenvalue weighted by Gasteiger charge is 2.19. The second kappa shape index (κ2) is 6.89. The van der Waals surface area contributed by atoms with Crippen molar-refractivity contribution in [1.82, 2.24) is 15.3 Å². The molecule has 1 aliphatic heterocycles. The van der Waals surface area contributed by atoms with Gasteiger partial charge >= 0.3 is 0 Å². The number of hydrogen-bond donors (Lipinski definition) is 1. The molecule has 0 saturated carbocycles. The average molecular weight is 323 g/mol. The van der Waals surface area contributed by atoms with E-state index < -0.39 is 0 Å². The third-order valence-corrected chi connectivity index (χ3v) is 5.10. The van der Waals surface area contributed by atoms with Gasteiger partial charge in [0.15, 0.2) is 0 Å². The van der Waals surface area contributed by atoms with Crippen molar-refractivity contribution in [2.75, 3.05) is 13.2 Å². The number of nitrogens with one attached hydrogen (secondary N) is 1. The van der Waals surface area contributed by atoms with Crippen LogP contribution in [0.15, 0.2) is 24.3 Å². The first-order chi connectivity index (χ1) is 11.8. The number of aromatic nitrogens is 2. The molecular weight excluding hydrogens is 298 g/mol. The van der Waals surface area contributed by atoms with Gasteiger partial charge in [0.05, 0.1) is 0 Å². The second-order valence-corrected chi connectivity index (χ2v) is 6.88. The molecule has 1 aromatic carbocycles. The van der Waals surface area contributed by atoms with Crippen molar-refractivity contribution in [2.24, 2.45) is 0 Å². The molecule has 1 atom stereocenters. The predicted octanol–water partition coefficient (Wildman–Crippen LogP) is 2.80. The lowest BCUT2D eigenvalue weighted by Crippen LogP contribution is -2.40. The largest absolute Gasteiger partial charge is 0.492 e. The first-order valence-corrected chi connectivity index (χ1v) is 9.09. The Hall–Kier alpha value is -1.94. The van der Waals surface area contributed by atoms with Crippen LogP contribution in [0, 0.1) is 6.92 Å². The number of rotatable bonds is 4. The van der Waals surface area contributed by atoms with Crippen LogP contribution in [-0.4, -0.2) is 29.2 Å². The molecule has 1 aliphatic carbocycles. The highest BCUT2D eigenvalue weighted by molar-refractivity contribution is 5.35. The summed E-state index contributed by atoms with van der Waals surface area (Å²) in [7, 11) is 0. The van der Waals surface area contributed by atoms with Gasteiger partial charge in [-0.05, 0) is 56.2 Å².